The van der Waals surface area contributed by atoms with E-state index in [9.17, 15) is 58.8 Å². The molecule has 5 rings (SSSR count). The Hall–Kier alpha value is -5.49. The highest BCUT2D eigenvalue weighted by atomic mass is 32.1. The van der Waals surface area contributed by atoms with Gasteiger partial charge in [-0.05, 0) is 88.7 Å². The average molecular weight is 1020 g/mol. The predicted molar refractivity (Wildman–Crippen MR) is 262 cm³/mol. The Morgan fingerprint density at radius 3 is 1.89 bits per heavy atom. The van der Waals surface area contributed by atoms with Crippen molar-refractivity contribution >= 4 is 70.6 Å². The number of quaternary nitrogens is 4. The van der Waals surface area contributed by atoms with E-state index in [4.69, 9.17) is 17.3 Å². The molecule has 0 saturated carbocycles. The molecule has 0 aliphatic carbocycles. The van der Waals surface area contributed by atoms with Gasteiger partial charge in [-0.25, -0.2) is 19.2 Å². The van der Waals surface area contributed by atoms with Gasteiger partial charge < -0.3 is 52.1 Å². The van der Waals surface area contributed by atoms with Crippen molar-refractivity contribution in [3.63, 3.8) is 0 Å². The lowest BCUT2D eigenvalue weighted by Crippen LogP contribution is -2.85. The van der Waals surface area contributed by atoms with E-state index in [1.54, 1.807) is 0 Å². The maximum atomic E-state index is 13.0. The van der Waals surface area contributed by atoms with E-state index in [2.05, 4.69) is 52.6 Å². The number of urea groups is 1. The van der Waals surface area contributed by atoms with Crippen LogP contribution in [0.15, 0.2) is 24.3 Å². The third-order valence-corrected chi connectivity index (χ3v) is 16.2. The number of amides is 3. The highest BCUT2D eigenvalue weighted by Crippen LogP contribution is 2.64. The minimum atomic E-state index is -1.25. The fourth-order valence-electron chi connectivity index (χ4n) is 13.2. The minimum absolute atomic E-state index is 0.00639. The fourth-order valence-corrected chi connectivity index (χ4v) is 13.4. The number of anilines is 1. The molecule has 8 atom stereocenters. The molecule has 0 radical (unpaired) electrons. The molecule has 71 heavy (non-hydrogen) atoms. The molecule has 4 aliphatic heterocycles. The van der Waals surface area contributed by atoms with Crippen LogP contribution in [0.3, 0.4) is 0 Å². The van der Waals surface area contributed by atoms with Gasteiger partial charge >= 0.3 is 41.8 Å². The number of likely N-dealkylation sites (N-methyl/N-ethyl adjacent to an activating group) is 2. The quantitative estimate of drug-likeness (QED) is 0.0280. The zero-order chi connectivity index (χ0) is 52.0. The average Bonchev–Trinajstić information content (AvgIpc) is 3.94. The summed E-state index contributed by atoms with van der Waals surface area (Å²) in [7, 11) is 0. The van der Waals surface area contributed by atoms with E-state index in [1.165, 1.54) is 0 Å². The van der Waals surface area contributed by atoms with Crippen LogP contribution >= 0.6 is 12.2 Å². The summed E-state index contributed by atoms with van der Waals surface area (Å²) in [6.45, 7) is 12.4. The molecule has 4 heterocycles. The highest BCUT2D eigenvalue weighted by Gasteiger charge is 3.00. The van der Waals surface area contributed by atoms with Gasteiger partial charge in [0.05, 0.1) is 13.1 Å². The number of nitrogens with one attached hydrogen (secondary N) is 5. The first kappa shape index (κ1) is 56.4. The maximum absolute atomic E-state index is 13.0. The number of thiocarbonyl (C=S) groups is 1. The van der Waals surface area contributed by atoms with Crippen LogP contribution in [-0.4, -0.2) is 206 Å². The van der Waals surface area contributed by atoms with Gasteiger partial charge in [-0.2, -0.15) is 8.97 Å². The number of nitrogens with zero attached hydrogens (tertiary/aromatic N) is 4. The molecule has 1 aromatic rings. The van der Waals surface area contributed by atoms with Crippen LogP contribution in [0.2, 0.25) is 0 Å². The predicted octanol–water partition coefficient (Wildman–Crippen LogP) is 1.93. The van der Waals surface area contributed by atoms with Crippen molar-refractivity contribution in [1.29, 1.82) is 0 Å². The number of carboxylic acids is 5. The number of carbonyl (C=O) groups excluding carboxylic acids is 3. The second-order valence-corrected chi connectivity index (χ2v) is 20.4. The van der Waals surface area contributed by atoms with Gasteiger partial charge in [0, 0.05) is 63.3 Å². The number of rotatable bonds is 32. The molecular formula is C48H77N9O13S+4. The van der Waals surface area contributed by atoms with E-state index >= 15 is 0 Å². The Kier molecular flexibility index (Phi) is 19.7. The van der Waals surface area contributed by atoms with Crippen molar-refractivity contribution in [3.05, 3.63) is 29.8 Å². The lowest BCUT2D eigenvalue weighted by atomic mass is 9.94. The molecule has 10 N–H and O–H groups in total. The van der Waals surface area contributed by atoms with Crippen LogP contribution in [-0.2, 0) is 40.0 Å². The molecule has 4 aliphatic rings. The normalized spacial score (nSPS) is 26.6. The SMILES string of the molecule is CC[N+]12CC[N@@+]3(CC(=O)O)CC[N@@+]4(CC(=O)O)C(Cc5ccc(NC(=S)NCCCCCC(=O)C[C@@H](CCC(=O)O)C(=O)NCCCC[C@H](NC(=O)NCCCC(=O)O)C(=O)O)cc5)C[N@@+](CC)(CC1)C234. The van der Waals surface area contributed by atoms with E-state index in [1.807, 2.05) is 12.1 Å². The number of unbranched alkanes of at least 4 members (excludes halogenated alkanes) is 3. The maximum Gasteiger partial charge on any atom is 0.482 e. The topological polar surface area (TPSA) is 298 Å². The van der Waals surface area contributed by atoms with Gasteiger partial charge in [-0.1, -0.05) is 18.6 Å². The van der Waals surface area contributed by atoms with Crippen molar-refractivity contribution in [1.82, 2.24) is 21.3 Å². The first-order valence-corrected chi connectivity index (χ1v) is 25.7. The third kappa shape index (κ3) is 12.6. The molecule has 4 saturated heterocycles. The van der Waals surface area contributed by atoms with Gasteiger partial charge in [0.25, 0.3) is 0 Å². The van der Waals surface area contributed by atoms with Crippen molar-refractivity contribution in [2.75, 3.05) is 96.9 Å². The molecule has 1 spiro atoms. The largest absolute Gasteiger partial charge is 0.482 e. The molecule has 0 bridgehead atoms. The molecule has 394 valence electrons. The molecular weight excluding hydrogens is 943 g/mol. The number of benzene rings is 1. The number of aliphatic carboxylic acids is 5. The summed E-state index contributed by atoms with van der Waals surface area (Å²) in [6, 6.07) is 6.12. The first-order valence-electron chi connectivity index (χ1n) is 25.3. The third-order valence-electron chi connectivity index (χ3n) is 16.0. The van der Waals surface area contributed by atoms with Gasteiger partial charge in [-0.3, -0.25) is 19.2 Å². The summed E-state index contributed by atoms with van der Waals surface area (Å²) in [6.07, 6.45) is 3.30. The van der Waals surface area contributed by atoms with Gasteiger partial charge in [-0.15, -0.1) is 8.97 Å². The Balaban J connectivity index is 1.03. The molecule has 1 aromatic carbocycles. The second-order valence-electron chi connectivity index (χ2n) is 20.0. The molecule has 23 heteroatoms. The van der Waals surface area contributed by atoms with Crippen LogP contribution < -0.4 is 26.6 Å². The van der Waals surface area contributed by atoms with E-state index < -0.39 is 59.7 Å². The summed E-state index contributed by atoms with van der Waals surface area (Å²) in [5.74, 6) is -7.02. The molecule has 4 fully saturated rings. The Labute approximate surface area is 420 Å². The lowest BCUT2D eigenvalue weighted by Gasteiger charge is -2.50. The number of hydrogen-bond donors (Lipinski definition) is 10. The van der Waals surface area contributed by atoms with Crippen LogP contribution in [0.4, 0.5) is 10.5 Å². The summed E-state index contributed by atoms with van der Waals surface area (Å²) in [5.41, 5.74) is 1.88. The van der Waals surface area contributed by atoms with Crippen LogP contribution in [0.5, 0.6) is 0 Å². The van der Waals surface area contributed by atoms with Crippen molar-refractivity contribution in [2.24, 2.45) is 5.92 Å². The zero-order valence-electron chi connectivity index (χ0n) is 41.3. The molecule has 3 amide bonds. The number of hydrogen-bond acceptors (Lipinski definition) is 9. The fraction of sp³-hybridized carbons (Fsp3) is 0.688. The zero-order valence-corrected chi connectivity index (χ0v) is 42.1. The van der Waals surface area contributed by atoms with E-state index in [0.717, 1.165) is 66.0 Å². The van der Waals surface area contributed by atoms with Gasteiger partial charge in [0.2, 0.25) is 5.91 Å². The van der Waals surface area contributed by atoms with Crippen LogP contribution in [0, 0.1) is 5.92 Å². The number of carbonyl (C=O) groups is 8. The summed E-state index contributed by atoms with van der Waals surface area (Å²) in [5, 5.41) is 62.6. The Bertz CT molecular complexity index is 2130. The van der Waals surface area contributed by atoms with Gasteiger partial charge in [0.15, 0.2) is 24.2 Å². The van der Waals surface area contributed by atoms with E-state index in [-0.39, 0.29) is 82.9 Å². The molecule has 22 nitrogen and oxygen atoms in total. The summed E-state index contributed by atoms with van der Waals surface area (Å²) < 4.78 is 2.40. The molecule has 0 aromatic heterocycles. The van der Waals surface area contributed by atoms with Crippen molar-refractivity contribution in [3.8, 4) is 0 Å². The summed E-state index contributed by atoms with van der Waals surface area (Å²) in [4.78, 5) is 96.9. The van der Waals surface area contributed by atoms with Crippen LogP contribution in [0.25, 0.3) is 0 Å². The Morgan fingerprint density at radius 2 is 1.25 bits per heavy atom. The minimum Gasteiger partial charge on any atom is -0.481 e. The number of carboxylic acid groups (broad SMARTS) is 5. The number of Topliss-reactive ketones (excluding diaryl/α,β-unsaturated/α-hetero) is 1. The standard InChI is InChI=1S/C48H73N9O13S/c1-3-54-23-25-55(4-2)31-37(57(33-43(65)66)28-27-56(26-24-54,32-42(63)64)48(54,55)57)29-34-14-17-36(18-15-34)52-47(71)51-21-8-5-6-11-38(58)30-35(16-19-41(61)62)44(67)49-20-9-7-12-39(45(68)69)53-46(70)50-22-10-13-40(59)60/h14-15,17-18,35,37,39H,3-13,16,19-33H2,1-2H3,(H6-4,49,50,51,52,53,59,60,61,62,63,64,65,66,67,68,69,70,71)/p+4/t35-,37?,39+,48?,54?,55-,56+,57-/m1/s1. The first-order chi connectivity index (χ1) is 33.7. The Morgan fingerprint density at radius 1 is 0.648 bits per heavy atom. The smallest absolute Gasteiger partial charge is 0.481 e. The summed E-state index contributed by atoms with van der Waals surface area (Å²) >= 11 is 5.57. The van der Waals surface area contributed by atoms with E-state index in [0.29, 0.717) is 72.2 Å². The van der Waals surface area contributed by atoms with Gasteiger partial charge in [0.1, 0.15) is 57.6 Å². The van der Waals surface area contributed by atoms with Crippen molar-refractivity contribution in [2.45, 2.75) is 115 Å². The number of ketones is 1. The second kappa shape index (κ2) is 24.8. The lowest BCUT2D eigenvalue weighted by molar-refractivity contribution is -1.36. The highest BCUT2D eigenvalue weighted by molar-refractivity contribution is 7.80. The van der Waals surface area contributed by atoms with Crippen LogP contribution in [0.1, 0.15) is 96.5 Å². The van der Waals surface area contributed by atoms with Crippen molar-refractivity contribution < 1.29 is 81.8 Å². The monoisotopic (exact) mass is 1020 g/mol. The molecule has 3 unspecified atom stereocenters.